The van der Waals surface area contributed by atoms with E-state index in [-0.39, 0.29) is 11.9 Å². The van der Waals surface area contributed by atoms with Crippen molar-refractivity contribution >= 4 is 11.6 Å². The zero-order chi connectivity index (χ0) is 24.8. The van der Waals surface area contributed by atoms with Crippen molar-refractivity contribution in [3.05, 3.63) is 65.5 Å². The number of nitrogens with zero attached hydrogens (tertiary/aromatic N) is 2. The lowest BCUT2D eigenvalue weighted by molar-refractivity contribution is 0.0948. The molecule has 182 valence electrons. The minimum Gasteiger partial charge on any atom is -0.419 e. The summed E-state index contributed by atoms with van der Waals surface area (Å²) in [6.07, 6.45) is 3.82. The second kappa shape index (κ2) is 10.7. The minimum atomic E-state index is -0.833. The number of carbonyl (C=O) groups excluding carboxylic acids is 1. The Hall–Kier alpha value is -3.63. The highest BCUT2D eigenvalue weighted by Crippen LogP contribution is 2.29. The van der Waals surface area contributed by atoms with Crippen LogP contribution in [0.2, 0.25) is 0 Å². The van der Waals surface area contributed by atoms with Crippen LogP contribution in [0.5, 0.6) is 0 Å². The van der Waals surface area contributed by atoms with Crippen molar-refractivity contribution in [1.82, 2.24) is 15.5 Å². The van der Waals surface area contributed by atoms with Gasteiger partial charge in [0.2, 0.25) is 11.8 Å². The summed E-state index contributed by atoms with van der Waals surface area (Å²) in [5.74, 6) is 7.29. The molecule has 1 saturated carbocycles. The fourth-order valence-electron chi connectivity index (χ4n) is 3.71. The van der Waals surface area contributed by atoms with E-state index in [9.17, 15) is 4.79 Å². The highest BCUT2D eigenvalue weighted by Gasteiger charge is 2.29. The van der Waals surface area contributed by atoms with E-state index in [1.54, 1.807) is 6.07 Å². The Labute approximate surface area is 206 Å². The number of aromatic nitrogens is 2. The summed E-state index contributed by atoms with van der Waals surface area (Å²) in [6.45, 7) is 6.64. The Morgan fingerprint density at radius 1 is 1.23 bits per heavy atom. The first-order valence-electron chi connectivity index (χ1n) is 12.2. The second-order valence-electron chi connectivity index (χ2n) is 9.48. The van der Waals surface area contributed by atoms with Crippen LogP contribution in [0.4, 0.5) is 5.69 Å². The van der Waals surface area contributed by atoms with Gasteiger partial charge in [0.15, 0.2) is 0 Å². The van der Waals surface area contributed by atoms with E-state index in [2.05, 4.69) is 39.6 Å². The van der Waals surface area contributed by atoms with E-state index in [4.69, 9.17) is 10.2 Å². The molecule has 2 atom stereocenters. The fraction of sp³-hybridized carbons (Fsp3) is 0.393. The minimum absolute atomic E-state index is 0.198. The lowest BCUT2D eigenvalue weighted by atomic mass is 9.94. The monoisotopic (exact) mass is 471 g/mol. The highest BCUT2D eigenvalue weighted by molar-refractivity contribution is 5.96. The Bertz CT molecular complexity index is 1220. The number of benzene rings is 2. The Morgan fingerprint density at radius 2 is 2.00 bits per heavy atom. The van der Waals surface area contributed by atoms with Crippen LogP contribution in [0.3, 0.4) is 0 Å². The van der Waals surface area contributed by atoms with E-state index < -0.39 is 5.54 Å². The summed E-state index contributed by atoms with van der Waals surface area (Å²) in [4.78, 5) is 13.0. The Balaban J connectivity index is 1.57. The van der Waals surface area contributed by atoms with Crippen molar-refractivity contribution in [2.75, 3.05) is 11.9 Å². The normalized spacial score (nSPS) is 15.4. The topological polar surface area (TPSA) is 106 Å². The van der Waals surface area contributed by atoms with E-state index in [1.807, 2.05) is 56.3 Å². The molecule has 1 heterocycles. The number of amides is 1. The second-order valence-corrected chi connectivity index (χ2v) is 9.48. The average Bonchev–Trinajstić information content (AvgIpc) is 3.53. The predicted molar refractivity (Wildman–Crippen MR) is 138 cm³/mol. The summed E-state index contributed by atoms with van der Waals surface area (Å²) in [6, 6.07) is 15.2. The molecule has 7 nitrogen and oxygen atoms in total. The number of nitrogens with two attached hydrogens (primary N) is 1. The van der Waals surface area contributed by atoms with Crippen LogP contribution in [-0.2, 0) is 12.0 Å². The van der Waals surface area contributed by atoms with Gasteiger partial charge < -0.3 is 20.8 Å². The molecule has 4 N–H and O–H groups in total. The largest absolute Gasteiger partial charge is 0.419 e. The molecule has 2 unspecified atom stereocenters. The third-order valence-electron chi connectivity index (χ3n) is 5.78. The maximum atomic E-state index is 13.0. The van der Waals surface area contributed by atoms with Crippen molar-refractivity contribution in [2.45, 2.75) is 58.0 Å². The van der Waals surface area contributed by atoms with Gasteiger partial charge in [0.1, 0.15) is 0 Å². The van der Waals surface area contributed by atoms with Crippen molar-refractivity contribution in [3.8, 4) is 23.3 Å². The Kier molecular flexibility index (Phi) is 7.52. The van der Waals surface area contributed by atoms with Crippen LogP contribution in [-0.4, -0.2) is 28.7 Å². The first-order valence-corrected chi connectivity index (χ1v) is 12.2. The van der Waals surface area contributed by atoms with Crippen molar-refractivity contribution in [1.29, 1.82) is 0 Å². The smallest absolute Gasteiger partial charge is 0.252 e. The van der Waals surface area contributed by atoms with Crippen molar-refractivity contribution in [3.63, 3.8) is 0 Å². The molecule has 3 aromatic rings. The van der Waals surface area contributed by atoms with Gasteiger partial charge in [-0.3, -0.25) is 4.79 Å². The van der Waals surface area contributed by atoms with Gasteiger partial charge in [-0.2, -0.15) is 0 Å². The van der Waals surface area contributed by atoms with Crippen LogP contribution >= 0.6 is 0 Å². The molecule has 7 heteroatoms. The number of carbonyl (C=O) groups is 1. The quantitative estimate of drug-likeness (QED) is 0.397. The SMILES string of the molecule is CCCNc1cc(C(=O)NC(C)C#CC2CC2)cc(-c2nnc(C(C)(N)Cc3ccccc3)o2)c1. The van der Waals surface area contributed by atoms with Crippen LogP contribution in [0.15, 0.2) is 52.9 Å². The summed E-state index contributed by atoms with van der Waals surface area (Å²) >= 11 is 0. The first kappa shape index (κ1) is 24.5. The maximum absolute atomic E-state index is 13.0. The van der Waals surface area contributed by atoms with Gasteiger partial charge >= 0.3 is 0 Å². The molecular formula is C28H33N5O2. The predicted octanol–water partition coefficient (Wildman–Crippen LogP) is 4.51. The highest BCUT2D eigenvalue weighted by atomic mass is 16.4. The van der Waals surface area contributed by atoms with Crippen molar-refractivity contribution in [2.24, 2.45) is 11.7 Å². The van der Waals surface area contributed by atoms with E-state index in [1.165, 1.54) is 0 Å². The lowest BCUT2D eigenvalue weighted by Crippen LogP contribution is -2.35. The molecular weight excluding hydrogens is 438 g/mol. The number of anilines is 1. The number of hydrogen-bond donors (Lipinski definition) is 3. The van der Waals surface area contributed by atoms with E-state index in [0.717, 1.165) is 37.1 Å². The third kappa shape index (κ3) is 6.71. The van der Waals surface area contributed by atoms with Crippen LogP contribution in [0.1, 0.15) is 61.8 Å². The van der Waals surface area contributed by atoms with Gasteiger partial charge in [-0.1, -0.05) is 49.1 Å². The molecule has 4 rings (SSSR count). The van der Waals surface area contributed by atoms with Crippen LogP contribution < -0.4 is 16.4 Å². The molecule has 1 aliphatic rings. The van der Waals surface area contributed by atoms with Gasteiger partial charge in [0.25, 0.3) is 5.91 Å². The molecule has 35 heavy (non-hydrogen) atoms. The molecule has 1 aromatic heterocycles. The molecule has 1 aliphatic carbocycles. The van der Waals surface area contributed by atoms with Gasteiger partial charge in [0, 0.05) is 29.3 Å². The molecule has 0 saturated heterocycles. The zero-order valence-electron chi connectivity index (χ0n) is 20.6. The van der Waals surface area contributed by atoms with Gasteiger partial charge in [0.05, 0.1) is 11.6 Å². The molecule has 2 aromatic carbocycles. The summed E-state index contributed by atoms with van der Waals surface area (Å²) < 4.78 is 6.02. The summed E-state index contributed by atoms with van der Waals surface area (Å²) in [5.41, 5.74) is 8.78. The zero-order valence-corrected chi connectivity index (χ0v) is 20.6. The third-order valence-corrected chi connectivity index (χ3v) is 5.78. The molecule has 1 fully saturated rings. The van der Waals surface area contributed by atoms with Gasteiger partial charge in [-0.25, -0.2) is 0 Å². The fourth-order valence-corrected chi connectivity index (χ4v) is 3.71. The average molecular weight is 472 g/mol. The molecule has 0 radical (unpaired) electrons. The van der Waals surface area contributed by atoms with Gasteiger partial charge in [-0.05, 0) is 63.3 Å². The lowest BCUT2D eigenvalue weighted by Gasteiger charge is -2.20. The summed E-state index contributed by atoms with van der Waals surface area (Å²) in [7, 11) is 0. The standard InChI is InChI=1S/C28H33N5O2/c1-4-14-30-24-16-22(25(34)31-19(2)10-11-20-12-13-20)15-23(17-24)26-32-33-27(35-26)28(3,29)18-21-8-6-5-7-9-21/h5-9,15-17,19-20,30H,4,12-14,18,29H2,1-3H3,(H,31,34). The number of hydrogen-bond acceptors (Lipinski definition) is 6. The van der Waals surface area contributed by atoms with Crippen LogP contribution in [0.25, 0.3) is 11.5 Å². The summed E-state index contributed by atoms with van der Waals surface area (Å²) in [5, 5.41) is 14.8. The molecule has 1 amide bonds. The number of rotatable bonds is 9. The van der Waals surface area contributed by atoms with E-state index >= 15 is 0 Å². The Morgan fingerprint density at radius 3 is 2.71 bits per heavy atom. The van der Waals surface area contributed by atoms with Crippen molar-refractivity contribution < 1.29 is 9.21 Å². The molecule has 0 aliphatic heterocycles. The van der Waals surface area contributed by atoms with Crippen LogP contribution in [0, 0.1) is 17.8 Å². The molecule has 0 spiro atoms. The first-order chi connectivity index (χ1) is 16.8. The number of nitrogens with one attached hydrogen (secondary N) is 2. The maximum Gasteiger partial charge on any atom is 0.252 e. The molecule has 0 bridgehead atoms. The van der Waals surface area contributed by atoms with E-state index in [0.29, 0.717) is 35.2 Å². The van der Waals surface area contributed by atoms with Gasteiger partial charge in [-0.15, -0.1) is 10.2 Å².